The number of unbranched alkanes of at least 4 members (excludes halogenated alkanes) is 1. The highest BCUT2D eigenvalue weighted by atomic mass is 32.2. The molecule has 0 aliphatic rings. The summed E-state index contributed by atoms with van der Waals surface area (Å²) >= 11 is 0. The number of pyridine rings is 1. The first-order valence-electron chi connectivity index (χ1n) is 12.9. The van der Waals surface area contributed by atoms with E-state index in [4.69, 9.17) is 9.47 Å². The van der Waals surface area contributed by atoms with Crippen molar-refractivity contribution in [2.75, 3.05) is 26.3 Å². The summed E-state index contributed by atoms with van der Waals surface area (Å²) in [4.78, 5) is 35.9. The van der Waals surface area contributed by atoms with Crippen molar-refractivity contribution in [3.05, 3.63) is 70.6 Å². The fourth-order valence-electron chi connectivity index (χ4n) is 3.54. The molecule has 0 radical (unpaired) electrons. The van der Waals surface area contributed by atoms with Gasteiger partial charge in [0.1, 0.15) is 24.8 Å². The van der Waals surface area contributed by atoms with Crippen molar-refractivity contribution in [3.63, 3.8) is 0 Å². The van der Waals surface area contributed by atoms with Crippen LogP contribution in [0, 0.1) is 18.3 Å². The molecule has 0 saturated heterocycles. The summed E-state index contributed by atoms with van der Waals surface area (Å²) in [5, 5.41) is 27.9. The molecule has 0 amide bonds. The molecule has 224 valence electrons. The van der Waals surface area contributed by atoms with Gasteiger partial charge in [0.05, 0.1) is 10.6 Å². The van der Waals surface area contributed by atoms with Gasteiger partial charge >= 0.3 is 11.9 Å². The van der Waals surface area contributed by atoms with Gasteiger partial charge < -0.3 is 14.6 Å². The molecule has 0 saturated carbocycles. The number of esters is 2. The monoisotopic (exact) mass is 599 g/mol. The van der Waals surface area contributed by atoms with Gasteiger partial charge in [0, 0.05) is 36.8 Å². The van der Waals surface area contributed by atoms with E-state index in [1.165, 1.54) is 38.1 Å². The fourth-order valence-corrected chi connectivity index (χ4v) is 4.95. The molecule has 0 fully saturated rings. The summed E-state index contributed by atoms with van der Waals surface area (Å²) in [5.74, 6) is -1.83. The second-order valence-corrected chi connectivity index (χ2v) is 10.9. The number of sulfonamides is 1. The number of ether oxygens (including phenoxy) is 2. The topological polar surface area (TPSA) is 181 Å². The van der Waals surface area contributed by atoms with Gasteiger partial charge in [0.25, 0.3) is 5.56 Å². The molecule has 1 heterocycles. The van der Waals surface area contributed by atoms with Crippen molar-refractivity contribution in [1.29, 1.82) is 5.26 Å². The number of aromatic hydroxyl groups is 1. The lowest BCUT2D eigenvalue weighted by molar-refractivity contribution is -0.139. The predicted molar refractivity (Wildman–Crippen MR) is 153 cm³/mol. The van der Waals surface area contributed by atoms with Crippen LogP contribution in [0.4, 0.5) is 11.4 Å². The molecule has 42 heavy (non-hydrogen) atoms. The molecular weight excluding hydrogens is 566 g/mol. The van der Waals surface area contributed by atoms with Crippen LogP contribution in [-0.4, -0.2) is 60.6 Å². The van der Waals surface area contributed by atoms with Gasteiger partial charge in [-0.2, -0.15) is 14.7 Å². The van der Waals surface area contributed by atoms with Crippen LogP contribution in [0.3, 0.4) is 0 Å². The molecule has 2 rings (SSSR count). The Balaban J connectivity index is 2.34. The number of azo groups is 1. The van der Waals surface area contributed by atoms with Gasteiger partial charge in [-0.05, 0) is 44.5 Å². The lowest BCUT2D eigenvalue weighted by Crippen LogP contribution is -2.37. The Morgan fingerprint density at radius 2 is 1.79 bits per heavy atom. The zero-order valence-corrected chi connectivity index (χ0v) is 24.5. The third-order valence-corrected chi connectivity index (χ3v) is 7.83. The SMILES string of the molecule is C=CC(=O)OCCN(CCOC(=O)C(=C)C)S(=O)(=O)c1ccc(N=Nc2c(C)c(C#N)c(O)n(CCCC)c2=O)cc1. The maximum absolute atomic E-state index is 13.3. The van der Waals surface area contributed by atoms with Crippen LogP contribution in [0.1, 0.15) is 37.8 Å². The molecule has 1 aromatic heterocycles. The highest BCUT2D eigenvalue weighted by molar-refractivity contribution is 7.89. The Hall–Kier alpha value is -4.61. The minimum atomic E-state index is -4.14. The van der Waals surface area contributed by atoms with E-state index < -0.39 is 33.4 Å². The summed E-state index contributed by atoms with van der Waals surface area (Å²) in [6.45, 7) is 10.8. The van der Waals surface area contributed by atoms with Gasteiger partial charge in [-0.25, -0.2) is 18.0 Å². The Bertz CT molecular complexity index is 1570. The van der Waals surface area contributed by atoms with E-state index in [2.05, 4.69) is 23.4 Å². The molecule has 0 atom stereocenters. The van der Waals surface area contributed by atoms with Crippen molar-refractivity contribution in [1.82, 2.24) is 8.87 Å². The van der Waals surface area contributed by atoms with E-state index in [9.17, 15) is 33.2 Å². The minimum Gasteiger partial charge on any atom is -0.493 e. The number of hydrogen-bond donors (Lipinski definition) is 1. The molecule has 1 N–H and O–H groups in total. The molecule has 0 spiro atoms. The van der Waals surface area contributed by atoms with E-state index in [-0.39, 0.29) is 65.8 Å². The number of benzene rings is 1. The number of nitriles is 1. The molecule has 0 bridgehead atoms. The molecule has 0 unspecified atom stereocenters. The zero-order chi connectivity index (χ0) is 31.4. The second-order valence-electron chi connectivity index (χ2n) is 8.98. The summed E-state index contributed by atoms with van der Waals surface area (Å²) in [6.07, 6.45) is 2.30. The summed E-state index contributed by atoms with van der Waals surface area (Å²) < 4.78 is 38.7. The molecule has 1 aromatic carbocycles. The maximum atomic E-state index is 13.3. The Labute approximate surface area is 244 Å². The number of rotatable bonds is 15. The molecular formula is C28H33N5O8S. The van der Waals surface area contributed by atoms with E-state index in [1.807, 2.05) is 13.0 Å². The van der Waals surface area contributed by atoms with Crippen LogP contribution >= 0.6 is 0 Å². The van der Waals surface area contributed by atoms with E-state index in [0.717, 1.165) is 21.4 Å². The normalized spacial score (nSPS) is 11.3. The lowest BCUT2D eigenvalue weighted by Gasteiger charge is -2.22. The summed E-state index contributed by atoms with van der Waals surface area (Å²) in [5.41, 5.74) is -0.298. The Kier molecular flexibility index (Phi) is 12.3. The van der Waals surface area contributed by atoms with Crippen LogP contribution in [0.25, 0.3) is 0 Å². The van der Waals surface area contributed by atoms with Gasteiger partial charge in [-0.3, -0.25) is 9.36 Å². The standard InChI is InChI=1S/C28H33N5O8S/c1-6-8-13-33-26(35)23(18-29)20(5)25(27(33)36)31-30-21-9-11-22(12-10-21)42(38,39)32(14-16-40-24(34)7-2)15-17-41-28(37)19(3)4/h7,9-12,35H,2-3,6,8,13-17H2,1,4-5H3. The van der Waals surface area contributed by atoms with Crippen LogP contribution in [0.2, 0.25) is 0 Å². The van der Waals surface area contributed by atoms with Crippen LogP contribution < -0.4 is 5.56 Å². The van der Waals surface area contributed by atoms with Crippen molar-refractivity contribution in [2.24, 2.45) is 10.2 Å². The first-order valence-corrected chi connectivity index (χ1v) is 14.3. The van der Waals surface area contributed by atoms with E-state index >= 15 is 0 Å². The van der Waals surface area contributed by atoms with Crippen LogP contribution in [0.5, 0.6) is 5.88 Å². The molecule has 0 aliphatic carbocycles. The molecule has 2 aromatic rings. The van der Waals surface area contributed by atoms with Crippen LogP contribution in [-0.2, 0) is 35.6 Å². The number of carbonyl (C=O) groups is 2. The van der Waals surface area contributed by atoms with Crippen molar-refractivity contribution in [2.45, 2.75) is 45.1 Å². The lowest BCUT2D eigenvalue weighted by atomic mass is 10.1. The average molecular weight is 600 g/mol. The van der Waals surface area contributed by atoms with E-state index in [0.29, 0.717) is 6.42 Å². The Morgan fingerprint density at radius 1 is 1.17 bits per heavy atom. The third-order valence-electron chi connectivity index (χ3n) is 5.92. The molecule has 13 nitrogen and oxygen atoms in total. The maximum Gasteiger partial charge on any atom is 0.333 e. The Morgan fingerprint density at radius 3 is 2.33 bits per heavy atom. The van der Waals surface area contributed by atoms with Gasteiger partial charge in [0.2, 0.25) is 15.9 Å². The van der Waals surface area contributed by atoms with Gasteiger partial charge in [-0.1, -0.05) is 26.5 Å². The number of nitrogens with zero attached hydrogens (tertiary/aromatic N) is 5. The van der Waals surface area contributed by atoms with Crippen molar-refractivity contribution >= 4 is 33.3 Å². The smallest absolute Gasteiger partial charge is 0.333 e. The summed E-state index contributed by atoms with van der Waals surface area (Å²) in [6, 6.07) is 7.16. The summed E-state index contributed by atoms with van der Waals surface area (Å²) in [7, 11) is -4.14. The largest absolute Gasteiger partial charge is 0.493 e. The quantitative estimate of drug-likeness (QED) is 0.181. The van der Waals surface area contributed by atoms with Gasteiger partial charge in [-0.15, -0.1) is 5.11 Å². The highest BCUT2D eigenvalue weighted by Crippen LogP contribution is 2.28. The second kappa shape index (κ2) is 15.4. The first-order chi connectivity index (χ1) is 19.9. The number of aromatic nitrogens is 1. The van der Waals surface area contributed by atoms with E-state index in [1.54, 1.807) is 0 Å². The zero-order valence-electron chi connectivity index (χ0n) is 23.7. The number of carbonyl (C=O) groups excluding carboxylic acids is 2. The predicted octanol–water partition coefficient (Wildman–Crippen LogP) is 3.79. The van der Waals surface area contributed by atoms with Crippen LogP contribution in [0.15, 0.2) is 69.0 Å². The minimum absolute atomic E-state index is 0.0890. The van der Waals surface area contributed by atoms with Crippen molar-refractivity contribution in [3.8, 4) is 11.9 Å². The average Bonchev–Trinajstić information content (AvgIpc) is 2.96. The number of hydrogen-bond acceptors (Lipinski definition) is 11. The third kappa shape index (κ3) is 8.45. The fraction of sp³-hybridized carbons (Fsp3) is 0.357. The molecule has 14 heteroatoms. The van der Waals surface area contributed by atoms with Crippen molar-refractivity contribution < 1.29 is 32.6 Å². The molecule has 0 aliphatic heterocycles. The van der Waals surface area contributed by atoms with Gasteiger partial charge in [0.15, 0.2) is 5.69 Å². The first kappa shape index (κ1) is 33.6. The highest BCUT2D eigenvalue weighted by Gasteiger charge is 2.25.